The van der Waals surface area contributed by atoms with Gasteiger partial charge in [-0.15, -0.1) is 0 Å². The second-order valence-corrected chi connectivity index (χ2v) is 6.12. The molecule has 3 nitrogen and oxygen atoms in total. The molecule has 0 spiro atoms. The third-order valence-corrected chi connectivity index (χ3v) is 4.00. The van der Waals surface area contributed by atoms with Crippen LogP contribution in [0.4, 0.5) is 5.69 Å². The highest BCUT2D eigenvalue weighted by atomic mass is 35.5. The fourth-order valence-electron chi connectivity index (χ4n) is 1.99. The lowest BCUT2D eigenvalue weighted by atomic mass is 9.98. The molecule has 0 radical (unpaired) electrons. The van der Waals surface area contributed by atoms with Crippen LogP contribution in [-0.2, 0) is 0 Å². The van der Waals surface area contributed by atoms with Crippen LogP contribution in [-0.4, -0.2) is 11.4 Å². The van der Waals surface area contributed by atoms with Crippen LogP contribution in [0, 0.1) is 5.92 Å². The van der Waals surface area contributed by atoms with Crippen molar-refractivity contribution in [3.05, 3.63) is 27.7 Å². The molecule has 0 aliphatic heterocycles. The summed E-state index contributed by atoms with van der Waals surface area (Å²) in [5.41, 5.74) is 6.18. The van der Waals surface area contributed by atoms with Gasteiger partial charge in [0.25, 0.3) is 5.91 Å². The van der Waals surface area contributed by atoms with Crippen LogP contribution in [0.15, 0.2) is 12.1 Å². The van der Waals surface area contributed by atoms with E-state index in [-0.39, 0.29) is 11.4 Å². The molecule has 0 bridgehead atoms. The summed E-state index contributed by atoms with van der Waals surface area (Å²) < 4.78 is 0. The molecule has 1 aromatic rings. The normalized spacial score (nSPS) is 15.6. The largest absolute Gasteiger partial charge is 0.396 e. The predicted octanol–water partition coefficient (Wildman–Crippen LogP) is 3.49. The number of nitrogen functional groups attached to an aromatic ring is 1. The van der Waals surface area contributed by atoms with E-state index in [0.717, 1.165) is 12.8 Å². The molecule has 2 rings (SSSR count). The van der Waals surface area contributed by atoms with Crippen molar-refractivity contribution in [3.8, 4) is 0 Å². The standard InChI is InChI=1S/C13H16Cl2N2O/c1-13(2,8-3-4-8)17-12(18)7-5-9(14)11(16)10(15)6-7/h5-6,8H,3-4,16H2,1-2H3,(H,17,18). The summed E-state index contributed by atoms with van der Waals surface area (Å²) >= 11 is 11.8. The number of rotatable bonds is 3. The molecule has 1 amide bonds. The molecule has 0 atom stereocenters. The van der Waals surface area contributed by atoms with Crippen LogP contribution in [0.25, 0.3) is 0 Å². The van der Waals surface area contributed by atoms with Crippen molar-refractivity contribution in [2.45, 2.75) is 32.2 Å². The molecule has 1 aliphatic carbocycles. The van der Waals surface area contributed by atoms with Crippen LogP contribution >= 0.6 is 23.2 Å². The molecule has 1 aromatic carbocycles. The van der Waals surface area contributed by atoms with Gasteiger partial charge in [-0.05, 0) is 44.7 Å². The van der Waals surface area contributed by atoms with E-state index in [0.29, 0.717) is 27.2 Å². The summed E-state index contributed by atoms with van der Waals surface area (Å²) in [6, 6.07) is 3.09. The van der Waals surface area contributed by atoms with E-state index in [1.165, 1.54) is 0 Å². The number of carbonyl (C=O) groups excluding carboxylic acids is 1. The van der Waals surface area contributed by atoms with Gasteiger partial charge >= 0.3 is 0 Å². The molecule has 1 saturated carbocycles. The van der Waals surface area contributed by atoms with Crippen LogP contribution in [0.5, 0.6) is 0 Å². The number of halogens is 2. The number of anilines is 1. The number of hydrogen-bond acceptors (Lipinski definition) is 2. The number of nitrogens with one attached hydrogen (secondary N) is 1. The second-order valence-electron chi connectivity index (χ2n) is 5.30. The maximum Gasteiger partial charge on any atom is 0.251 e. The predicted molar refractivity (Wildman–Crippen MR) is 75.1 cm³/mol. The van der Waals surface area contributed by atoms with Gasteiger partial charge in [0.2, 0.25) is 0 Å². The summed E-state index contributed by atoms with van der Waals surface area (Å²) in [6.07, 6.45) is 2.33. The van der Waals surface area contributed by atoms with Crippen LogP contribution in [0.3, 0.4) is 0 Å². The summed E-state index contributed by atoms with van der Waals surface area (Å²) in [5.74, 6) is 0.386. The summed E-state index contributed by atoms with van der Waals surface area (Å²) in [4.78, 5) is 12.1. The number of nitrogens with two attached hydrogens (primary N) is 1. The zero-order valence-corrected chi connectivity index (χ0v) is 11.9. The lowest BCUT2D eigenvalue weighted by Gasteiger charge is -2.26. The summed E-state index contributed by atoms with van der Waals surface area (Å²) in [7, 11) is 0. The fraction of sp³-hybridized carbons (Fsp3) is 0.462. The van der Waals surface area contributed by atoms with E-state index in [4.69, 9.17) is 28.9 Å². The van der Waals surface area contributed by atoms with E-state index in [1.807, 2.05) is 13.8 Å². The molecule has 3 N–H and O–H groups in total. The van der Waals surface area contributed by atoms with Crippen molar-refractivity contribution >= 4 is 34.8 Å². The van der Waals surface area contributed by atoms with Crippen molar-refractivity contribution in [2.75, 3.05) is 5.73 Å². The van der Waals surface area contributed by atoms with Gasteiger partial charge in [0, 0.05) is 11.1 Å². The molecule has 0 unspecified atom stereocenters. The van der Waals surface area contributed by atoms with Crippen molar-refractivity contribution in [2.24, 2.45) is 5.92 Å². The quantitative estimate of drug-likeness (QED) is 0.836. The van der Waals surface area contributed by atoms with Gasteiger partial charge in [-0.2, -0.15) is 0 Å². The third-order valence-electron chi connectivity index (χ3n) is 3.37. The van der Waals surface area contributed by atoms with Gasteiger partial charge in [-0.1, -0.05) is 23.2 Å². The monoisotopic (exact) mass is 286 g/mol. The van der Waals surface area contributed by atoms with Gasteiger partial charge in [-0.3, -0.25) is 4.79 Å². The van der Waals surface area contributed by atoms with E-state index in [2.05, 4.69) is 5.32 Å². The van der Waals surface area contributed by atoms with E-state index in [1.54, 1.807) is 12.1 Å². The van der Waals surface area contributed by atoms with Crippen molar-refractivity contribution < 1.29 is 4.79 Å². The Bertz CT molecular complexity index is 473. The molecule has 98 valence electrons. The van der Waals surface area contributed by atoms with Gasteiger partial charge in [0.1, 0.15) is 0 Å². The topological polar surface area (TPSA) is 55.1 Å². The zero-order chi connectivity index (χ0) is 13.5. The average Bonchev–Trinajstić information content (AvgIpc) is 3.08. The molecular formula is C13H16Cl2N2O. The fourth-order valence-corrected chi connectivity index (χ4v) is 2.47. The number of benzene rings is 1. The Hall–Kier alpha value is -0.930. The molecule has 18 heavy (non-hydrogen) atoms. The zero-order valence-electron chi connectivity index (χ0n) is 10.4. The van der Waals surface area contributed by atoms with Gasteiger partial charge in [0.05, 0.1) is 15.7 Å². The maximum atomic E-state index is 12.1. The molecule has 0 heterocycles. The van der Waals surface area contributed by atoms with Gasteiger partial charge in [0.15, 0.2) is 0 Å². The Morgan fingerprint density at radius 1 is 1.33 bits per heavy atom. The molecular weight excluding hydrogens is 271 g/mol. The molecule has 1 fully saturated rings. The SMILES string of the molecule is CC(C)(NC(=O)c1cc(Cl)c(N)c(Cl)c1)C1CC1. The second kappa shape index (κ2) is 4.63. The first-order valence-corrected chi connectivity index (χ1v) is 6.64. The Morgan fingerprint density at radius 2 is 1.83 bits per heavy atom. The van der Waals surface area contributed by atoms with Gasteiger partial charge in [-0.25, -0.2) is 0 Å². The minimum Gasteiger partial charge on any atom is -0.396 e. The molecule has 5 heteroatoms. The minimum absolute atomic E-state index is 0.171. The first-order valence-electron chi connectivity index (χ1n) is 5.88. The minimum atomic E-state index is -0.197. The Balaban J connectivity index is 2.18. The van der Waals surface area contributed by atoms with Crippen LogP contribution < -0.4 is 11.1 Å². The van der Waals surface area contributed by atoms with E-state index >= 15 is 0 Å². The lowest BCUT2D eigenvalue weighted by Crippen LogP contribution is -2.45. The van der Waals surface area contributed by atoms with Gasteiger partial charge < -0.3 is 11.1 Å². The Kier molecular flexibility index (Phi) is 3.47. The first-order chi connectivity index (χ1) is 8.31. The maximum absolute atomic E-state index is 12.1. The summed E-state index contributed by atoms with van der Waals surface area (Å²) in [5, 5.41) is 3.62. The van der Waals surface area contributed by atoms with Crippen LogP contribution in [0.2, 0.25) is 10.0 Å². The van der Waals surface area contributed by atoms with Crippen molar-refractivity contribution in [1.82, 2.24) is 5.32 Å². The highest BCUT2D eigenvalue weighted by molar-refractivity contribution is 6.39. The van der Waals surface area contributed by atoms with E-state index in [9.17, 15) is 4.79 Å². The first kappa shape index (κ1) is 13.5. The molecule has 0 saturated heterocycles. The highest BCUT2D eigenvalue weighted by Crippen LogP contribution is 2.39. The molecule has 0 aromatic heterocycles. The average molecular weight is 287 g/mol. The number of amides is 1. The third kappa shape index (κ3) is 2.73. The summed E-state index contributed by atoms with van der Waals surface area (Å²) in [6.45, 7) is 4.06. The van der Waals surface area contributed by atoms with Crippen molar-refractivity contribution in [1.29, 1.82) is 0 Å². The Labute approximate surface area is 117 Å². The van der Waals surface area contributed by atoms with Crippen LogP contribution in [0.1, 0.15) is 37.0 Å². The Morgan fingerprint density at radius 3 is 2.28 bits per heavy atom. The number of carbonyl (C=O) groups is 1. The highest BCUT2D eigenvalue weighted by Gasteiger charge is 2.38. The lowest BCUT2D eigenvalue weighted by molar-refractivity contribution is 0.0903. The smallest absolute Gasteiger partial charge is 0.251 e. The van der Waals surface area contributed by atoms with E-state index < -0.39 is 0 Å². The molecule has 1 aliphatic rings. The number of hydrogen-bond donors (Lipinski definition) is 2. The van der Waals surface area contributed by atoms with Crippen molar-refractivity contribution in [3.63, 3.8) is 0 Å².